The van der Waals surface area contributed by atoms with E-state index in [-0.39, 0.29) is 18.0 Å². The molecule has 1 saturated heterocycles. The molecule has 1 amide bonds. The van der Waals surface area contributed by atoms with Gasteiger partial charge in [0.15, 0.2) is 0 Å². The van der Waals surface area contributed by atoms with Gasteiger partial charge < -0.3 is 10.1 Å². The smallest absolute Gasteiger partial charge is 0.254 e. The van der Waals surface area contributed by atoms with Crippen LogP contribution in [0.5, 0.6) is 5.75 Å². The van der Waals surface area contributed by atoms with E-state index in [1.807, 2.05) is 36.9 Å². The zero-order chi connectivity index (χ0) is 18.5. The highest BCUT2D eigenvalue weighted by molar-refractivity contribution is 5.93. The minimum absolute atomic E-state index is 0.0369. The molecule has 1 aliphatic rings. The van der Waals surface area contributed by atoms with Crippen LogP contribution >= 0.6 is 0 Å². The van der Waals surface area contributed by atoms with Gasteiger partial charge in [-0.1, -0.05) is 12.1 Å². The Bertz CT molecular complexity index is 741. The van der Waals surface area contributed by atoms with Gasteiger partial charge in [-0.25, -0.2) is 0 Å². The number of amides is 1. The molecule has 1 aromatic heterocycles. The Morgan fingerprint density at radius 2 is 2.27 bits per heavy atom. The first-order chi connectivity index (χ1) is 12.5. The summed E-state index contributed by atoms with van der Waals surface area (Å²) in [6.07, 6.45) is 5.56. The number of nitrogens with zero attached hydrogens (tertiary/aromatic N) is 3. The summed E-state index contributed by atoms with van der Waals surface area (Å²) >= 11 is 0. The molecule has 6 heteroatoms. The minimum Gasteiger partial charge on any atom is -0.497 e. The average Bonchev–Trinajstić information content (AvgIpc) is 3.13. The van der Waals surface area contributed by atoms with Gasteiger partial charge in [-0.2, -0.15) is 5.10 Å². The Labute approximate surface area is 155 Å². The van der Waals surface area contributed by atoms with Crippen molar-refractivity contribution in [2.24, 2.45) is 0 Å². The number of nitrogens with one attached hydrogen (secondary N) is 1. The molecule has 0 saturated carbocycles. The second kappa shape index (κ2) is 8.36. The first kappa shape index (κ1) is 18.5. The van der Waals surface area contributed by atoms with Crippen LogP contribution in [-0.4, -0.2) is 46.8 Å². The standard InChI is InChI=1S/C20H28N4O2/c1-15(2)24-13-17(11-21-24)20(25)22-18-7-5-9-23(14-18)12-16-6-4-8-19(10-16)26-3/h4,6,8,10-11,13,15,18H,5,7,9,12,14H2,1-3H3,(H,22,25)/t18-/m0/s1. The lowest BCUT2D eigenvalue weighted by molar-refractivity contribution is 0.0900. The topological polar surface area (TPSA) is 59.4 Å². The van der Waals surface area contributed by atoms with Crippen molar-refractivity contribution in [3.05, 3.63) is 47.8 Å². The summed E-state index contributed by atoms with van der Waals surface area (Å²) in [5.41, 5.74) is 1.86. The van der Waals surface area contributed by atoms with E-state index in [1.54, 1.807) is 13.3 Å². The van der Waals surface area contributed by atoms with Gasteiger partial charge in [0, 0.05) is 31.4 Å². The summed E-state index contributed by atoms with van der Waals surface area (Å²) in [5.74, 6) is 0.844. The van der Waals surface area contributed by atoms with Gasteiger partial charge in [0.1, 0.15) is 5.75 Å². The van der Waals surface area contributed by atoms with Crippen molar-refractivity contribution in [3.63, 3.8) is 0 Å². The zero-order valence-corrected chi connectivity index (χ0v) is 15.8. The third-order valence-corrected chi connectivity index (χ3v) is 4.77. The maximum Gasteiger partial charge on any atom is 0.254 e. The van der Waals surface area contributed by atoms with E-state index in [4.69, 9.17) is 4.74 Å². The summed E-state index contributed by atoms with van der Waals surface area (Å²) in [6.45, 7) is 6.88. The molecule has 2 aromatic rings. The Morgan fingerprint density at radius 1 is 1.42 bits per heavy atom. The van der Waals surface area contributed by atoms with Gasteiger partial charge in [-0.05, 0) is 50.9 Å². The lowest BCUT2D eigenvalue weighted by atomic mass is 10.0. The summed E-state index contributed by atoms with van der Waals surface area (Å²) < 4.78 is 7.11. The maximum absolute atomic E-state index is 12.5. The van der Waals surface area contributed by atoms with Crippen molar-refractivity contribution >= 4 is 5.91 Å². The number of methoxy groups -OCH3 is 1. The molecule has 1 atom stereocenters. The van der Waals surface area contributed by atoms with Gasteiger partial charge in [0.2, 0.25) is 0 Å². The molecule has 0 spiro atoms. The van der Waals surface area contributed by atoms with Crippen molar-refractivity contribution in [2.75, 3.05) is 20.2 Å². The van der Waals surface area contributed by atoms with E-state index in [1.165, 1.54) is 5.56 Å². The van der Waals surface area contributed by atoms with E-state index in [0.717, 1.165) is 38.2 Å². The van der Waals surface area contributed by atoms with Crippen molar-refractivity contribution in [2.45, 2.75) is 45.3 Å². The number of piperidine rings is 1. The molecular formula is C20H28N4O2. The monoisotopic (exact) mass is 356 g/mol. The second-order valence-corrected chi connectivity index (χ2v) is 7.20. The molecule has 1 aliphatic heterocycles. The highest BCUT2D eigenvalue weighted by atomic mass is 16.5. The number of hydrogen-bond donors (Lipinski definition) is 1. The summed E-state index contributed by atoms with van der Waals surface area (Å²) in [6, 6.07) is 8.59. The number of aromatic nitrogens is 2. The Balaban J connectivity index is 1.56. The quantitative estimate of drug-likeness (QED) is 0.865. The Hall–Kier alpha value is -2.34. The number of benzene rings is 1. The van der Waals surface area contributed by atoms with Gasteiger partial charge in [-0.15, -0.1) is 0 Å². The largest absolute Gasteiger partial charge is 0.497 e. The van der Waals surface area contributed by atoms with Gasteiger partial charge in [-0.3, -0.25) is 14.4 Å². The van der Waals surface area contributed by atoms with E-state index in [2.05, 4.69) is 27.4 Å². The van der Waals surface area contributed by atoms with Crippen LogP contribution in [-0.2, 0) is 6.54 Å². The molecule has 1 fully saturated rings. The predicted octanol–water partition coefficient (Wildman–Crippen LogP) is 2.87. The lowest BCUT2D eigenvalue weighted by Gasteiger charge is -2.33. The van der Waals surface area contributed by atoms with Crippen LogP contribution in [0.1, 0.15) is 48.7 Å². The van der Waals surface area contributed by atoms with Crippen molar-refractivity contribution in [3.8, 4) is 5.75 Å². The molecule has 140 valence electrons. The van der Waals surface area contributed by atoms with E-state index in [9.17, 15) is 4.79 Å². The first-order valence-corrected chi connectivity index (χ1v) is 9.25. The normalized spacial score (nSPS) is 18.1. The fraction of sp³-hybridized carbons (Fsp3) is 0.500. The Kier molecular flexibility index (Phi) is 5.93. The molecule has 0 radical (unpaired) electrons. The molecule has 1 N–H and O–H groups in total. The minimum atomic E-state index is -0.0369. The Morgan fingerprint density at radius 3 is 3.00 bits per heavy atom. The number of rotatable bonds is 6. The molecule has 0 unspecified atom stereocenters. The molecule has 0 bridgehead atoms. The summed E-state index contributed by atoms with van der Waals surface area (Å²) in [7, 11) is 1.69. The number of ether oxygens (including phenoxy) is 1. The van der Waals surface area contributed by atoms with Crippen molar-refractivity contribution < 1.29 is 9.53 Å². The lowest BCUT2D eigenvalue weighted by Crippen LogP contribution is -2.47. The number of hydrogen-bond acceptors (Lipinski definition) is 4. The van der Waals surface area contributed by atoms with Crippen LogP contribution in [0.4, 0.5) is 0 Å². The maximum atomic E-state index is 12.5. The van der Waals surface area contributed by atoms with Crippen LogP contribution in [0.2, 0.25) is 0 Å². The third kappa shape index (κ3) is 4.64. The molecule has 6 nitrogen and oxygen atoms in total. The molecule has 0 aliphatic carbocycles. The zero-order valence-electron chi connectivity index (χ0n) is 15.8. The molecule has 3 rings (SSSR count). The van der Waals surface area contributed by atoms with Crippen LogP contribution in [0.25, 0.3) is 0 Å². The van der Waals surface area contributed by atoms with Gasteiger partial charge in [0.25, 0.3) is 5.91 Å². The average molecular weight is 356 g/mol. The van der Waals surface area contributed by atoms with Crippen LogP contribution in [0.15, 0.2) is 36.7 Å². The van der Waals surface area contributed by atoms with Gasteiger partial charge >= 0.3 is 0 Å². The highest BCUT2D eigenvalue weighted by Gasteiger charge is 2.22. The second-order valence-electron chi connectivity index (χ2n) is 7.20. The van der Waals surface area contributed by atoms with Crippen LogP contribution in [0, 0.1) is 0 Å². The van der Waals surface area contributed by atoms with Crippen LogP contribution < -0.4 is 10.1 Å². The molecule has 2 heterocycles. The van der Waals surface area contributed by atoms with Gasteiger partial charge in [0.05, 0.1) is 18.9 Å². The fourth-order valence-corrected chi connectivity index (χ4v) is 3.35. The number of carbonyl (C=O) groups is 1. The first-order valence-electron chi connectivity index (χ1n) is 9.25. The van der Waals surface area contributed by atoms with E-state index < -0.39 is 0 Å². The molecular weight excluding hydrogens is 328 g/mol. The van der Waals surface area contributed by atoms with Crippen LogP contribution in [0.3, 0.4) is 0 Å². The SMILES string of the molecule is COc1cccc(CN2CCC[C@H](NC(=O)c3cnn(C(C)C)c3)C2)c1. The predicted molar refractivity (Wildman–Crippen MR) is 101 cm³/mol. The van der Waals surface area contributed by atoms with E-state index in [0.29, 0.717) is 5.56 Å². The number of likely N-dealkylation sites (tertiary alicyclic amines) is 1. The summed E-state index contributed by atoms with van der Waals surface area (Å²) in [5, 5.41) is 7.42. The summed E-state index contributed by atoms with van der Waals surface area (Å²) in [4.78, 5) is 14.9. The highest BCUT2D eigenvalue weighted by Crippen LogP contribution is 2.18. The number of carbonyl (C=O) groups excluding carboxylic acids is 1. The molecule has 26 heavy (non-hydrogen) atoms. The molecule has 1 aromatic carbocycles. The van der Waals surface area contributed by atoms with Crippen molar-refractivity contribution in [1.82, 2.24) is 20.0 Å². The van der Waals surface area contributed by atoms with E-state index >= 15 is 0 Å². The fourth-order valence-electron chi connectivity index (χ4n) is 3.35. The third-order valence-electron chi connectivity index (χ3n) is 4.77. The van der Waals surface area contributed by atoms with Crippen molar-refractivity contribution in [1.29, 1.82) is 0 Å².